The number of carbonyl (C=O) groups excluding carboxylic acids is 1. The SMILES string of the molecule is CNC(=O)CCS(=O)c1nc2ccc(N)cc2o1. The summed E-state index contributed by atoms with van der Waals surface area (Å²) in [6.07, 6.45) is 0.171. The quantitative estimate of drug-likeness (QED) is 0.793. The van der Waals surface area contributed by atoms with Crippen LogP contribution < -0.4 is 11.1 Å². The van der Waals surface area contributed by atoms with Crippen LogP contribution in [0.2, 0.25) is 0 Å². The van der Waals surface area contributed by atoms with Crippen LogP contribution in [0.1, 0.15) is 6.42 Å². The Morgan fingerprint density at radius 2 is 2.33 bits per heavy atom. The number of anilines is 1. The summed E-state index contributed by atoms with van der Waals surface area (Å²) in [4.78, 5) is 15.2. The van der Waals surface area contributed by atoms with Crippen molar-refractivity contribution in [2.45, 2.75) is 11.6 Å². The highest BCUT2D eigenvalue weighted by molar-refractivity contribution is 7.84. The molecular weight excluding hydrogens is 254 g/mol. The van der Waals surface area contributed by atoms with Crippen molar-refractivity contribution in [2.24, 2.45) is 0 Å². The molecule has 2 rings (SSSR count). The molecule has 7 heteroatoms. The lowest BCUT2D eigenvalue weighted by Crippen LogP contribution is -2.19. The number of rotatable bonds is 4. The third-order valence-electron chi connectivity index (χ3n) is 2.38. The number of hydrogen-bond acceptors (Lipinski definition) is 5. The molecule has 1 aromatic carbocycles. The van der Waals surface area contributed by atoms with Gasteiger partial charge >= 0.3 is 0 Å². The van der Waals surface area contributed by atoms with Gasteiger partial charge in [0, 0.05) is 31.0 Å². The van der Waals surface area contributed by atoms with Crippen molar-refractivity contribution in [3.63, 3.8) is 0 Å². The van der Waals surface area contributed by atoms with Gasteiger partial charge in [0.1, 0.15) is 16.3 Å². The van der Waals surface area contributed by atoms with Gasteiger partial charge in [-0.25, -0.2) is 9.19 Å². The molecule has 0 aliphatic carbocycles. The van der Waals surface area contributed by atoms with E-state index in [9.17, 15) is 9.00 Å². The van der Waals surface area contributed by atoms with Crippen LogP contribution in [-0.2, 0) is 15.6 Å². The summed E-state index contributed by atoms with van der Waals surface area (Å²) < 4.78 is 17.2. The monoisotopic (exact) mass is 267 g/mol. The van der Waals surface area contributed by atoms with E-state index in [0.29, 0.717) is 16.8 Å². The fourth-order valence-electron chi connectivity index (χ4n) is 1.42. The molecule has 1 amide bonds. The van der Waals surface area contributed by atoms with E-state index < -0.39 is 10.8 Å². The third-order valence-corrected chi connectivity index (χ3v) is 3.52. The summed E-state index contributed by atoms with van der Waals surface area (Å²) in [5.74, 6) is 0.0193. The maximum atomic E-state index is 11.9. The predicted octanol–water partition coefficient (Wildman–Crippen LogP) is 0.654. The number of benzene rings is 1. The van der Waals surface area contributed by atoms with E-state index in [0.717, 1.165) is 0 Å². The summed E-state index contributed by atoms with van der Waals surface area (Å²) in [7, 11) is 0.111. The van der Waals surface area contributed by atoms with Crippen molar-refractivity contribution < 1.29 is 13.4 Å². The summed E-state index contributed by atoms with van der Waals surface area (Å²) in [5.41, 5.74) is 7.27. The molecular formula is C11H13N3O3S. The van der Waals surface area contributed by atoms with Gasteiger partial charge in [0.15, 0.2) is 5.58 Å². The van der Waals surface area contributed by atoms with E-state index in [4.69, 9.17) is 10.2 Å². The first-order valence-electron chi connectivity index (χ1n) is 5.35. The largest absolute Gasteiger partial charge is 0.430 e. The number of fused-ring (bicyclic) bond motifs is 1. The number of aromatic nitrogens is 1. The summed E-state index contributed by atoms with van der Waals surface area (Å²) in [6, 6.07) is 5.03. The lowest BCUT2D eigenvalue weighted by Gasteiger charge is -1.97. The number of nitrogens with two attached hydrogens (primary N) is 1. The minimum absolute atomic E-state index is 0.125. The number of nitrogens with zero attached hydrogens (tertiary/aromatic N) is 1. The van der Waals surface area contributed by atoms with Gasteiger partial charge in [0.25, 0.3) is 5.22 Å². The van der Waals surface area contributed by atoms with E-state index in [1.807, 2.05) is 0 Å². The number of nitrogens with one attached hydrogen (secondary N) is 1. The van der Waals surface area contributed by atoms with E-state index in [2.05, 4.69) is 10.3 Å². The molecule has 1 aromatic heterocycles. The van der Waals surface area contributed by atoms with Gasteiger partial charge in [0.05, 0.1) is 0 Å². The third kappa shape index (κ3) is 2.67. The van der Waals surface area contributed by atoms with Gasteiger partial charge in [0.2, 0.25) is 5.91 Å². The van der Waals surface area contributed by atoms with E-state index in [1.165, 1.54) is 7.05 Å². The Bertz CT molecular complexity index is 609. The molecule has 0 saturated heterocycles. The van der Waals surface area contributed by atoms with E-state index in [-0.39, 0.29) is 23.3 Å². The molecule has 0 aliphatic rings. The number of amides is 1. The highest BCUT2D eigenvalue weighted by Gasteiger charge is 2.14. The number of carbonyl (C=O) groups is 1. The zero-order valence-electron chi connectivity index (χ0n) is 9.80. The van der Waals surface area contributed by atoms with Crippen molar-refractivity contribution in [1.29, 1.82) is 0 Å². The van der Waals surface area contributed by atoms with Crippen molar-refractivity contribution in [2.75, 3.05) is 18.5 Å². The van der Waals surface area contributed by atoms with Gasteiger partial charge in [-0.2, -0.15) is 0 Å². The molecule has 0 fully saturated rings. The average Bonchev–Trinajstić information content (AvgIpc) is 2.78. The first kappa shape index (κ1) is 12.6. The molecule has 1 atom stereocenters. The van der Waals surface area contributed by atoms with Crippen molar-refractivity contribution >= 4 is 33.5 Å². The van der Waals surface area contributed by atoms with Crippen LogP contribution in [0, 0.1) is 0 Å². The zero-order chi connectivity index (χ0) is 13.1. The van der Waals surface area contributed by atoms with Crippen molar-refractivity contribution in [3.8, 4) is 0 Å². The lowest BCUT2D eigenvalue weighted by molar-refractivity contribution is -0.120. The maximum absolute atomic E-state index is 11.9. The van der Waals surface area contributed by atoms with Gasteiger partial charge < -0.3 is 15.5 Å². The fourth-order valence-corrected chi connectivity index (χ4v) is 2.34. The second-order valence-electron chi connectivity index (χ2n) is 3.68. The van der Waals surface area contributed by atoms with Crippen LogP contribution in [0.5, 0.6) is 0 Å². The molecule has 0 saturated carbocycles. The minimum atomic E-state index is -1.42. The number of hydrogen-bond donors (Lipinski definition) is 2. The van der Waals surface area contributed by atoms with E-state index in [1.54, 1.807) is 18.2 Å². The Kier molecular flexibility index (Phi) is 3.61. The minimum Gasteiger partial charge on any atom is -0.430 e. The van der Waals surface area contributed by atoms with Gasteiger partial charge in [-0.1, -0.05) is 0 Å². The molecule has 2 aromatic rings. The van der Waals surface area contributed by atoms with Gasteiger partial charge in [-0.15, -0.1) is 0 Å². The summed E-state index contributed by atoms with van der Waals surface area (Å²) in [6.45, 7) is 0. The Balaban J connectivity index is 2.15. The van der Waals surface area contributed by atoms with Crippen LogP contribution in [-0.4, -0.2) is 27.9 Å². The Hall–Kier alpha value is -1.89. The standard InChI is InChI=1S/C11H13N3O3S/c1-13-10(15)4-5-18(16)11-14-8-3-2-7(12)6-9(8)17-11/h2-3,6H,4-5,12H2,1H3,(H,13,15). The average molecular weight is 267 g/mol. The highest BCUT2D eigenvalue weighted by atomic mass is 32.2. The molecule has 0 aliphatic heterocycles. The first-order chi connectivity index (χ1) is 8.60. The van der Waals surface area contributed by atoms with Gasteiger partial charge in [-0.3, -0.25) is 4.79 Å². The fraction of sp³-hybridized carbons (Fsp3) is 0.273. The molecule has 1 heterocycles. The Labute approximate surface area is 106 Å². The Morgan fingerprint density at radius 3 is 3.06 bits per heavy atom. The normalized spacial score (nSPS) is 12.5. The molecule has 0 radical (unpaired) electrons. The van der Waals surface area contributed by atoms with Crippen LogP contribution in [0.25, 0.3) is 11.1 Å². The van der Waals surface area contributed by atoms with Gasteiger partial charge in [-0.05, 0) is 12.1 Å². The molecule has 1 unspecified atom stereocenters. The summed E-state index contributed by atoms with van der Waals surface area (Å²) >= 11 is 0. The molecule has 6 nitrogen and oxygen atoms in total. The predicted molar refractivity (Wildman–Crippen MR) is 68.4 cm³/mol. The molecule has 0 spiro atoms. The highest BCUT2D eigenvalue weighted by Crippen LogP contribution is 2.20. The van der Waals surface area contributed by atoms with Crippen LogP contribution in [0.15, 0.2) is 27.8 Å². The number of nitrogen functional groups attached to an aromatic ring is 1. The van der Waals surface area contributed by atoms with Crippen molar-refractivity contribution in [1.82, 2.24) is 10.3 Å². The lowest BCUT2D eigenvalue weighted by atomic mass is 10.3. The molecule has 3 N–H and O–H groups in total. The first-order valence-corrected chi connectivity index (χ1v) is 6.67. The second-order valence-corrected chi connectivity index (χ2v) is 5.13. The maximum Gasteiger partial charge on any atom is 0.287 e. The molecule has 0 bridgehead atoms. The summed E-state index contributed by atoms with van der Waals surface area (Å²) in [5, 5.41) is 2.59. The van der Waals surface area contributed by atoms with Crippen LogP contribution in [0.4, 0.5) is 5.69 Å². The Morgan fingerprint density at radius 1 is 1.56 bits per heavy atom. The number of oxazole rings is 1. The van der Waals surface area contributed by atoms with Crippen LogP contribution in [0.3, 0.4) is 0 Å². The van der Waals surface area contributed by atoms with E-state index >= 15 is 0 Å². The smallest absolute Gasteiger partial charge is 0.287 e. The van der Waals surface area contributed by atoms with Crippen molar-refractivity contribution in [3.05, 3.63) is 18.2 Å². The molecule has 96 valence electrons. The topological polar surface area (TPSA) is 98.2 Å². The molecule has 18 heavy (non-hydrogen) atoms. The second kappa shape index (κ2) is 5.18. The zero-order valence-corrected chi connectivity index (χ0v) is 10.6. The van der Waals surface area contributed by atoms with Crippen LogP contribution >= 0.6 is 0 Å².